The Kier molecular flexibility index (Phi) is 3.35. The van der Waals surface area contributed by atoms with E-state index < -0.39 is 10.0 Å². The SMILES string of the molecule is CC1(C)CNCCN1c1ccccc1S(N)(=O)=O. The topological polar surface area (TPSA) is 75.4 Å². The number of anilines is 1. The van der Waals surface area contributed by atoms with Gasteiger partial charge in [-0.3, -0.25) is 0 Å². The third kappa shape index (κ3) is 2.50. The molecule has 0 atom stereocenters. The third-order valence-corrected chi connectivity index (χ3v) is 4.22. The fourth-order valence-corrected chi connectivity index (χ4v) is 3.09. The molecule has 0 radical (unpaired) electrons. The Morgan fingerprint density at radius 2 is 2.00 bits per heavy atom. The number of para-hydroxylation sites is 1. The van der Waals surface area contributed by atoms with Crippen LogP contribution in [0.1, 0.15) is 13.8 Å². The van der Waals surface area contributed by atoms with Crippen LogP contribution < -0.4 is 15.4 Å². The zero-order valence-electron chi connectivity index (χ0n) is 10.7. The Bertz CT molecular complexity index is 540. The molecule has 1 aliphatic rings. The molecule has 18 heavy (non-hydrogen) atoms. The summed E-state index contributed by atoms with van der Waals surface area (Å²) in [5.41, 5.74) is 0.547. The molecule has 3 N–H and O–H groups in total. The number of primary sulfonamides is 1. The molecule has 0 spiro atoms. The van der Waals surface area contributed by atoms with Crippen LogP contribution in [-0.4, -0.2) is 33.6 Å². The third-order valence-electron chi connectivity index (χ3n) is 3.26. The molecule has 1 aliphatic heterocycles. The number of hydrogen-bond donors (Lipinski definition) is 2. The Hall–Kier alpha value is -1.11. The van der Waals surface area contributed by atoms with Gasteiger partial charge >= 0.3 is 0 Å². The predicted octanol–water partition coefficient (Wildman–Crippen LogP) is 0.522. The summed E-state index contributed by atoms with van der Waals surface area (Å²) in [5, 5.41) is 8.59. The molecule has 0 bridgehead atoms. The summed E-state index contributed by atoms with van der Waals surface area (Å²) in [7, 11) is -3.70. The normalized spacial score (nSPS) is 19.8. The van der Waals surface area contributed by atoms with E-state index in [0.717, 1.165) is 19.6 Å². The molecule has 6 heteroatoms. The number of rotatable bonds is 2. The van der Waals surface area contributed by atoms with Crippen molar-refractivity contribution in [3.8, 4) is 0 Å². The first-order valence-electron chi connectivity index (χ1n) is 5.92. The summed E-state index contributed by atoms with van der Waals surface area (Å²) in [6.07, 6.45) is 0. The van der Waals surface area contributed by atoms with Crippen LogP contribution in [0, 0.1) is 0 Å². The highest BCUT2D eigenvalue weighted by atomic mass is 32.2. The maximum absolute atomic E-state index is 11.6. The predicted molar refractivity (Wildman–Crippen MR) is 72.1 cm³/mol. The largest absolute Gasteiger partial charge is 0.363 e. The maximum Gasteiger partial charge on any atom is 0.240 e. The summed E-state index contributed by atoms with van der Waals surface area (Å²) >= 11 is 0. The van der Waals surface area contributed by atoms with Crippen molar-refractivity contribution in [3.63, 3.8) is 0 Å². The Labute approximate surface area is 108 Å². The van der Waals surface area contributed by atoms with E-state index in [4.69, 9.17) is 5.14 Å². The number of hydrogen-bond acceptors (Lipinski definition) is 4. The van der Waals surface area contributed by atoms with E-state index in [1.54, 1.807) is 12.1 Å². The first kappa shape index (κ1) is 13.3. The van der Waals surface area contributed by atoms with Crippen molar-refractivity contribution in [3.05, 3.63) is 24.3 Å². The highest BCUT2D eigenvalue weighted by Crippen LogP contribution is 2.30. The lowest BCUT2D eigenvalue weighted by atomic mass is 9.99. The second kappa shape index (κ2) is 4.53. The van der Waals surface area contributed by atoms with Gasteiger partial charge < -0.3 is 10.2 Å². The zero-order valence-corrected chi connectivity index (χ0v) is 11.5. The summed E-state index contributed by atoms with van der Waals surface area (Å²) in [4.78, 5) is 2.29. The molecule has 1 heterocycles. The quantitative estimate of drug-likeness (QED) is 0.821. The second-order valence-electron chi connectivity index (χ2n) is 5.15. The van der Waals surface area contributed by atoms with E-state index in [0.29, 0.717) is 5.69 Å². The second-order valence-corrected chi connectivity index (χ2v) is 6.68. The van der Waals surface area contributed by atoms with E-state index in [2.05, 4.69) is 24.1 Å². The molecular formula is C12H19N3O2S. The summed E-state index contributed by atoms with van der Waals surface area (Å²) in [5.74, 6) is 0. The molecule has 0 unspecified atom stereocenters. The minimum absolute atomic E-state index is 0.140. The number of sulfonamides is 1. The van der Waals surface area contributed by atoms with Crippen molar-refractivity contribution in [2.75, 3.05) is 24.5 Å². The molecule has 100 valence electrons. The van der Waals surface area contributed by atoms with Gasteiger partial charge in [0.05, 0.1) is 5.69 Å². The average Bonchev–Trinajstić information content (AvgIpc) is 2.27. The molecule has 1 fully saturated rings. The van der Waals surface area contributed by atoms with Gasteiger partial charge in [0.1, 0.15) is 4.90 Å². The summed E-state index contributed by atoms with van der Waals surface area (Å²) in [6, 6.07) is 6.90. The maximum atomic E-state index is 11.6. The van der Waals surface area contributed by atoms with E-state index in [-0.39, 0.29) is 10.4 Å². The van der Waals surface area contributed by atoms with Gasteiger partial charge in [-0.25, -0.2) is 13.6 Å². The van der Waals surface area contributed by atoms with Crippen LogP contribution in [0.2, 0.25) is 0 Å². The minimum atomic E-state index is -3.70. The van der Waals surface area contributed by atoms with Gasteiger partial charge in [0.15, 0.2) is 0 Å². The van der Waals surface area contributed by atoms with Crippen molar-refractivity contribution >= 4 is 15.7 Å². The standard InChI is InChI=1S/C12H19N3O2S/c1-12(2)9-14-7-8-15(12)10-5-3-4-6-11(10)18(13,16)17/h3-6,14H,7-9H2,1-2H3,(H2,13,16,17). The lowest BCUT2D eigenvalue weighted by molar-refractivity contribution is 0.378. The van der Waals surface area contributed by atoms with E-state index in [1.165, 1.54) is 0 Å². The van der Waals surface area contributed by atoms with Gasteiger partial charge in [-0.15, -0.1) is 0 Å². The van der Waals surface area contributed by atoms with E-state index in [1.807, 2.05) is 12.1 Å². The fourth-order valence-electron chi connectivity index (χ4n) is 2.35. The molecule has 1 saturated heterocycles. The van der Waals surface area contributed by atoms with Gasteiger partial charge in [-0.2, -0.15) is 0 Å². The molecule has 0 saturated carbocycles. The monoisotopic (exact) mass is 269 g/mol. The molecule has 5 nitrogen and oxygen atoms in total. The van der Waals surface area contributed by atoms with Gasteiger partial charge in [0.2, 0.25) is 10.0 Å². The number of benzene rings is 1. The average molecular weight is 269 g/mol. The van der Waals surface area contributed by atoms with Crippen molar-refractivity contribution in [1.29, 1.82) is 0 Å². The van der Waals surface area contributed by atoms with Crippen LogP contribution in [0.3, 0.4) is 0 Å². The first-order valence-corrected chi connectivity index (χ1v) is 7.47. The van der Waals surface area contributed by atoms with Crippen LogP contribution in [0.4, 0.5) is 5.69 Å². The van der Waals surface area contributed by atoms with E-state index in [9.17, 15) is 8.42 Å². The van der Waals surface area contributed by atoms with Crippen LogP contribution >= 0.6 is 0 Å². The highest BCUT2D eigenvalue weighted by Gasteiger charge is 2.32. The Morgan fingerprint density at radius 1 is 1.33 bits per heavy atom. The van der Waals surface area contributed by atoms with Gasteiger partial charge in [0, 0.05) is 25.2 Å². The lowest BCUT2D eigenvalue weighted by Gasteiger charge is -2.45. The van der Waals surface area contributed by atoms with Crippen LogP contribution in [0.15, 0.2) is 29.2 Å². The first-order chi connectivity index (χ1) is 8.32. The van der Waals surface area contributed by atoms with E-state index >= 15 is 0 Å². The highest BCUT2D eigenvalue weighted by molar-refractivity contribution is 7.89. The molecule has 2 rings (SSSR count). The number of piperazine rings is 1. The number of nitrogens with one attached hydrogen (secondary N) is 1. The van der Waals surface area contributed by atoms with Crippen LogP contribution in [0.5, 0.6) is 0 Å². The fraction of sp³-hybridized carbons (Fsp3) is 0.500. The lowest BCUT2D eigenvalue weighted by Crippen LogP contribution is -2.58. The molecule has 0 aromatic heterocycles. The van der Waals surface area contributed by atoms with Crippen molar-refractivity contribution in [2.45, 2.75) is 24.3 Å². The molecule has 0 aliphatic carbocycles. The zero-order chi connectivity index (χ0) is 13.4. The van der Waals surface area contributed by atoms with Crippen LogP contribution in [-0.2, 0) is 10.0 Å². The van der Waals surface area contributed by atoms with Crippen molar-refractivity contribution in [1.82, 2.24) is 5.32 Å². The Balaban J connectivity index is 2.51. The van der Waals surface area contributed by atoms with Crippen molar-refractivity contribution < 1.29 is 8.42 Å². The summed E-state index contributed by atoms with van der Waals surface area (Å²) in [6.45, 7) is 6.58. The molecular weight excluding hydrogens is 250 g/mol. The molecule has 0 amide bonds. The number of nitrogens with two attached hydrogens (primary N) is 1. The van der Waals surface area contributed by atoms with Gasteiger partial charge in [-0.1, -0.05) is 12.1 Å². The van der Waals surface area contributed by atoms with Crippen molar-refractivity contribution in [2.24, 2.45) is 5.14 Å². The molecule has 1 aromatic carbocycles. The smallest absolute Gasteiger partial charge is 0.240 e. The summed E-state index contributed by atoms with van der Waals surface area (Å²) < 4.78 is 23.3. The molecule has 1 aromatic rings. The van der Waals surface area contributed by atoms with Gasteiger partial charge in [0.25, 0.3) is 0 Å². The van der Waals surface area contributed by atoms with Crippen LogP contribution in [0.25, 0.3) is 0 Å². The number of nitrogens with zero attached hydrogens (tertiary/aromatic N) is 1. The minimum Gasteiger partial charge on any atom is -0.363 e. The van der Waals surface area contributed by atoms with Gasteiger partial charge in [-0.05, 0) is 26.0 Å². The Morgan fingerprint density at radius 3 is 2.61 bits per heavy atom.